The SMILES string of the molecule is NC[C@H](Cc1ccccc1)NC(=O)c1ccc(-c2ccnc3[nH]ccc23)o1. The van der Waals surface area contributed by atoms with E-state index >= 15 is 0 Å². The lowest BCUT2D eigenvalue weighted by Crippen LogP contribution is -2.41. The van der Waals surface area contributed by atoms with Crippen LogP contribution in [-0.4, -0.2) is 28.5 Å². The van der Waals surface area contributed by atoms with Crippen LogP contribution in [0.1, 0.15) is 16.1 Å². The Kier molecular flexibility index (Phi) is 4.72. The maximum absolute atomic E-state index is 12.6. The number of aromatic amines is 1. The monoisotopic (exact) mass is 360 g/mol. The number of amides is 1. The Balaban J connectivity index is 1.51. The number of carbonyl (C=O) groups excluding carboxylic acids is 1. The molecule has 1 aromatic carbocycles. The third kappa shape index (κ3) is 3.61. The average molecular weight is 360 g/mol. The Labute approximate surface area is 156 Å². The number of nitrogens with one attached hydrogen (secondary N) is 2. The van der Waals surface area contributed by atoms with Crippen molar-refractivity contribution in [1.82, 2.24) is 15.3 Å². The highest BCUT2D eigenvalue weighted by Crippen LogP contribution is 2.28. The Hall–Kier alpha value is -3.38. The minimum absolute atomic E-state index is 0.161. The summed E-state index contributed by atoms with van der Waals surface area (Å²) in [5, 5.41) is 3.90. The van der Waals surface area contributed by atoms with Crippen molar-refractivity contribution in [2.24, 2.45) is 5.73 Å². The van der Waals surface area contributed by atoms with Crippen LogP contribution in [-0.2, 0) is 6.42 Å². The number of aromatic nitrogens is 2. The summed E-state index contributed by atoms with van der Waals surface area (Å²) in [4.78, 5) is 19.9. The highest BCUT2D eigenvalue weighted by molar-refractivity contribution is 5.94. The van der Waals surface area contributed by atoms with E-state index in [1.807, 2.05) is 48.7 Å². The van der Waals surface area contributed by atoms with Gasteiger partial charge in [-0.05, 0) is 36.2 Å². The fourth-order valence-corrected chi connectivity index (χ4v) is 3.13. The lowest BCUT2D eigenvalue weighted by molar-refractivity contribution is 0.0911. The quantitative estimate of drug-likeness (QED) is 0.492. The summed E-state index contributed by atoms with van der Waals surface area (Å²) in [6.45, 7) is 0.350. The Morgan fingerprint density at radius 1 is 1.15 bits per heavy atom. The van der Waals surface area contributed by atoms with Crippen molar-refractivity contribution in [2.45, 2.75) is 12.5 Å². The van der Waals surface area contributed by atoms with Crippen LogP contribution in [0.4, 0.5) is 0 Å². The summed E-state index contributed by atoms with van der Waals surface area (Å²) in [5.74, 6) is 0.614. The zero-order chi connectivity index (χ0) is 18.6. The van der Waals surface area contributed by atoms with Crippen molar-refractivity contribution >= 4 is 16.9 Å². The Bertz CT molecular complexity index is 1050. The number of hydrogen-bond donors (Lipinski definition) is 3. The number of hydrogen-bond acceptors (Lipinski definition) is 4. The molecular weight excluding hydrogens is 340 g/mol. The summed E-state index contributed by atoms with van der Waals surface area (Å²) < 4.78 is 5.81. The molecule has 0 aliphatic carbocycles. The van der Waals surface area contributed by atoms with Gasteiger partial charge in [-0.1, -0.05) is 30.3 Å². The van der Waals surface area contributed by atoms with Crippen molar-refractivity contribution in [2.75, 3.05) is 6.54 Å². The first-order valence-electron chi connectivity index (χ1n) is 8.82. The standard InChI is InChI=1S/C21H20N4O2/c22-13-15(12-14-4-2-1-3-5-14)25-21(26)19-7-6-18(27-19)16-8-10-23-20-17(16)9-11-24-20/h1-11,15H,12-13,22H2,(H,23,24)(H,25,26)/t15-/m0/s1. The van der Waals surface area contributed by atoms with Crippen molar-refractivity contribution < 1.29 is 9.21 Å². The number of furan rings is 1. The number of nitrogens with two attached hydrogens (primary N) is 1. The van der Waals surface area contributed by atoms with Gasteiger partial charge in [0.2, 0.25) is 0 Å². The van der Waals surface area contributed by atoms with E-state index in [4.69, 9.17) is 10.2 Å². The van der Waals surface area contributed by atoms with Crippen LogP contribution in [0, 0.1) is 0 Å². The predicted octanol–water partition coefficient (Wildman–Crippen LogP) is 3.12. The first-order valence-corrected chi connectivity index (χ1v) is 8.82. The summed E-state index contributed by atoms with van der Waals surface area (Å²) in [6.07, 6.45) is 4.21. The minimum Gasteiger partial charge on any atom is -0.451 e. The molecule has 0 radical (unpaired) electrons. The molecule has 0 bridgehead atoms. The molecular formula is C21H20N4O2. The smallest absolute Gasteiger partial charge is 0.287 e. The van der Waals surface area contributed by atoms with E-state index in [-0.39, 0.29) is 17.7 Å². The lowest BCUT2D eigenvalue weighted by Gasteiger charge is -2.16. The molecule has 4 N–H and O–H groups in total. The van der Waals surface area contributed by atoms with Gasteiger partial charge < -0.3 is 20.5 Å². The van der Waals surface area contributed by atoms with Gasteiger partial charge in [0.05, 0.1) is 0 Å². The predicted molar refractivity (Wildman–Crippen MR) is 104 cm³/mol. The second-order valence-corrected chi connectivity index (χ2v) is 6.36. The van der Waals surface area contributed by atoms with Crippen LogP contribution < -0.4 is 11.1 Å². The third-order valence-corrected chi connectivity index (χ3v) is 4.50. The molecule has 1 amide bonds. The van der Waals surface area contributed by atoms with E-state index in [1.54, 1.807) is 18.3 Å². The molecule has 0 unspecified atom stereocenters. The molecule has 0 saturated heterocycles. The lowest BCUT2D eigenvalue weighted by atomic mass is 10.1. The van der Waals surface area contributed by atoms with Gasteiger partial charge in [0, 0.05) is 35.9 Å². The second-order valence-electron chi connectivity index (χ2n) is 6.36. The second kappa shape index (κ2) is 7.47. The largest absolute Gasteiger partial charge is 0.451 e. The molecule has 0 spiro atoms. The molecule has 0 aliphatic rings. The molecule has 0 saturated carbocycles. The number of H-pyrrole nitrogens is 1. The van der Waals surface area contributed by atoms with Gasteiger partial charge in [0.25, 0.3) is 5.91 Å². The van der Waals surface area contributed by atoms with E-state index < -0.39 is 0 Å². The number of pyridine rings is 1. The molecule has 6 heteroatoms. The zero-order valence-corrected chi connectivity index (χ0v) is 14.7. The van der Waals surface area contributed by atoms with E-state index in [0.29, 0.717) is 18.7 Å². The van der Waals surface area contributed by atoms with E-state index in [9.17, 15) is 4.79 Å². The number of carbonyl (C=O) groups is 1. The Morgan fingerprint density at radius 3 is 2.81 bits per heavy atom. The normalized spacial score (nSPS) is 12.2. The fourth-order valence-electron chi connectivity index (χ4n) is 3.13. The third-order valence-electron chi connectivity index (χ3n) is 4.50. The van der Waals surface area contributed by atoms with Crippen molar-refractivity contribution in [3.8, 4) is 11.3 Å². The number of fused-ring (bicyclic) bond motifs is 1. The maximum atomic E-state index is 12.6. The molecule has 3 aromatic heterocycles. The van der Waals surface area contributed by atoms with Crippen molar-refractivity contribution in [3.05, 3.63) is 78.3 Å². The van der Waals surface area contributed by atoms with Crippen LogP contribution in [0.25, 0.3) is 22.4 Å². The Morgan fingerprint density at radius 2 is 2.00 bits per heavy atom. The summed E-state index contributed by atoms with van der Waals surface area (Å²) in [6, 6.07) is 17.1. The van der Waals surface area contributed by atoms with Crippen LogP contribution in [0.2, 0.25) is 0 Å². The van der Waals surface area contributed by atoms with E-state index in [2.05, 4.69) is 15.3 Å². The molecule has 0 aliphatic heterocycles. The maximum Gasteiger partial charge on any atom is 0.287 e. The number of rotatable bonds is 6. The molecule has 4 aromatic rings. The van der Waals surface area contributed by atoms with Crippen LogP contribution in [0.15, 0.2) is 71.4 Å². The van der Waals surface area contributed by atoms with Gasteiger partial charge in [-0.2, -0.15) is 0 Å². The summed E-state index contributed by atoms with van der Waals surface area (Å²) in [5.41, 5.74) is 8.63. The van der Waals surface area contributed by atoms with Crippen molar-refractivity contribution in [3.63, 3.8) is 0 Å². The molecule has 6 nitrogen and oxygen atoms in total. The molecule has 136 valence electrons. The van der Waals surface area contributed by atoms with E-state index in [0.717, 1.165) is 22.2 Å². The summed E-state index contributed by atoms with van der Waals surface area (Å²) in [7, 11) is 0. The topological polar surface area (TPSA) is 96.9 Å². The zero-order valence-electron chi connectivity index (χ0n) is 14.7. The molecule has 27 heavy (non-hydrogen) atoms. The van der Waals surface area contributed by atoms with Gasteiger partial charge >= 0.3 is 0 Å². The molecule has 3 heterocycles. The number of nitrogens with zero attached hydrogens (tertiary/aromatic N) is 1. The van der Waals surface area contributed by atoms with Crippen LogP contribution in [0.3, 0.4) is 0 Å². The highest BCUT2D eigenvalue weighted by Gasteiger charge is 2.17. The number of benzene rings is 1. The van der Waals surface area contributed by atoms with Gasteiger partial charge in [0.15, 0.2) is 5.76 Å². The first kappa shape index (κ1) is 17.1. The van der Waals surface area contributed by atoms with Crippen LogP contribution in [0.5, 0.6) is 0 Å². The van der Waals surface area contributed by atoms with Gasteiger partial charge in [-0.3, -0.25) is 4.79 Å². The summed E-state index contributed by atoms with van der Waals surface area (Å²) >= 11 is 0. The minimum atomic E-state index is -0.271. The first-order chi connectivity index (χ1) is 13.2. The molecule has 4 rings (SSSR count). The molecule has 0 fully saturated rings. The molecule has 1 atom stereocenters. The average Bonchev–Trinajstić information content (AvgIpc) is 3.37. The fraction of sp³-hybridized carbons (Fsp3) is 0.143. The van der Waals surface area contributed by atoms with Gasteiger partial charge in [-0.15, -0.1) is 0 Å². The highest BCUT2D eigenvalue weighted by atomic mass is 16.3. The van der Waals surface area contributed by atoms with Crippen LogP contribution >= 0.6 is 0 Å². The van der Waals surface area contributed by atoms with Crippen molar-refractivity contribution in [1.29, 1.82) is 0 Å². The van der Waals surface area contributed by atoms with E-state index in [1.165, 1.54) is 0 Å². The van der Waals surface area contributed by atoms with Gasteiger partial charge in [-0.25, -0.2) is 4.98 Å². The van der Waals surface area contributed by atoms with Gasteiger partial charge in [0.1, 0.15) is 11.4 Å².